The second-order valence-electron chi connectivity index (χ2n) is 19.3. The van der Waals surface area contributed by atoms with E-state index in [4.69, 9.17) is 0 Å². The highest BCUT2D eigenvalue weighted by Gasteiger charge is 2.61. The smallest absolute Gasteiger partial charge is 0.0479 e. The monoisotopic (exact) mass is 747 g/mol. The van der Waals surface area contributed by atoms with Crippen LogP contribution in [0.15, 0.2) is 149 Å². The third-order valence-electron chi connectivity index (χ3n) is 15.1. The minimum absolute atomic E-state index is 0.0535. The van der Waals surface area contributed by atoms with Gasteiger partial charge in [-0.15, -0.1) is 0 Å². The lowest BCUT2D eigenvalue weighted by Crippen LogP contribution is -2.57. The Hall–Kier alpha value is -4.53. The highest BCUT2D eigenvalue weighted by Crippen LogP contribution is 2.70. The average molecular weight is 748 g/mol. The van der Waals surface area contributed by atoms with Gasteiger partial charge in [0.2, 0.25) is 0 Å². The van der Waals surface area contributed by atoms with Gasteiger partial charge in [-0.05, 0) is 166 Å². The van der Waals surface area contributed by atoms with Crippen molar-refractivity contribution in [2.24, 2.45) is 23.7 Å². The lowest BCUT2D eigenvalue weighted by Gasteiger charge is -2.63. The molecular formula is C54H53NS. The molecule has 280 valence electrons. The van der Waals surface area contributed by atoms with Crippen molar-refractivity contribution in [3.63, 3.8) is 0 Å². The molecule has 0 aromatic heterocycles. The highest BCUT2D eigenvalue weighted by molar-refractivity contribution is 7.99. The quantitative estimate of drug-likeness (QED) is 0.173. The van der Waals surface area contributed by atoms with Crippen molar-refractivity contribution in [2.75, 3.05) is 4.90 Å². The summed E-state index contributed by atoms with van der Waals surface area (Å²) in [6.07, 6.45) is 9.38. The van der Waals surface area contributed by atoms with Crippen molar-refractivity contribution in [3.8, 4) is 22.3 Å². The molecule has 6 aromatic rings. The van der Waals surface area contributed by atoms with Crippen LogP contribution in [0.3, 0.4) is 0 Å². The molecule has 1 aliphatic heterocycles. The van der Waals surface area contributed by atoms with E-state index in [0.717, 1.165) is 11.8 Å². The molecule has 2 heteroatoms. The summed E-state index contributed by atoms with van der Waals surface area (Å²) in [5.41, 5.74) is 15.5. The Morgan fingerprint density at radius 3 is 1.71 bits per heavy atom. The molecule has 0 atom stereocenters. The predicted octanol–water partition coefficient (Wildman–Crippen LogP) is 15.0. The van der Waals surface area contributed by atoms with Crippen LogP contribution in [-0.2, 0) is 16.2 Å². The maximum atomic E-state index is 2.59. The zero-order chi connectivity index (χ0) is 37.8. The van der Waals surface area contributed by atoms with Crippen LogP contribution in [-0.4, -0.2) is 0 Å². The van der Waals surface area contributed by atoms with Crippen molar-refractivity contribution >= 4 is 28.8 Å². The third-order valence-corrected chi connectivity index (χ3v) is 16.3. The molecule has 1 nitrogen and oxygen atoms in total. The topological polar surface area (TPSA) is 3.24 Å². The molecule has 1 heterocycles. The van der Waals surface area contributed by atoms with E-state index in [1.165, 1.54) is 105 Å². The van der Waals surface area contributed by atoms with Gasteiger partial charge < -0.3 is 4.90 Å². The van der Waals surface area contributed by atoms with Gasteiger partial charge in [0.25, 0.3) is 0 Å². The maximum absolute atomic E-state index is 2.59. The van der Waals surface area contributed by atoms with E-state index in [1.54, 1.807) is 11.1 Å². The first kappa shape index (κ1) is 34.7. The Morgan fingerprint density at radius 1 is 0.464 bits per heavy atom. The van der Waals surface area contributed by atoms with Gasteiger partial charge in [-0.2, -0.15) is 0 Å². The van der Waals surface area contributed by atoms with E-state index >= 15 is 0 Å². The third kappa shape index (κ3) is 5.27. The van der Waals surface area contributed by atoms with Crippen LogP contribution in [0.1, 0.15) is 94.9 Å². The number of fused-ring (bicyclic) bond motifs is 3. The first-order chi connectivity index (χ1) is 27.2. The molecule has 0 radical (unpaired) electrons. The zero-order valence-electron chi connectivity index (χ0n) is 33.4. The van der Waals surface area contributed by atoms with Crippen LogP contribution in [0, 0.1) is 23.7 Å². The summed E-state index contributed by atoms with van der Waals surface area (Å²) < 4.78 is 0. The van der Waals surface area contributed by atoms with Crippen molar-refractivity contribution in [1.29, 1.82) is 0 Å². The number of anilines is 3. The summed E-state index contributed by atoms with van der Waals surface area (Å²) in [4.78, 5) is 5.50. The molecule has 0 unspecified atom stereocenters. The van der Waals surface area contributed by atoms with Gasteiger partial charge in [0, 0.05) is 32.3 Å². The molecule has 4 fully saturated rings. The van der Waals surface area contributed by atoms with Crippen LogP contribution < -0.4 is 4.90 Å². The highest BCUT2D eigenvalue weighted by atomic mass is 32.2. The Labute approximate surface area is 338 Å². The van der Waals surface area contributed by atoms with Gasteiger partial charge in [0.15, 0.2) is 0 Å². The lowest BCUT2D eigenvalue weighted by atomic mass is 9.41. The number of hydrogen-bond acceptors (Lipinski definition) is 2. The summed E-state index contributed by atoms with van der Waals surface area (Å²) in [6.45, 7) is 9.78. The Bertz CT molecular complexity index is 2430. The molecule has 1 spiro atoms. The molecule has 0 saturated heterocycles. The summed E-state index contributed by atoms with van der Waals surface area (Å²) in [7, 11) is 0. The molecule has 4 bridgehead atoms. The minimum Gasteiger partial charge on any atom is -0.310 e. The summed E-state index contributed by atoms with van der Waals surface area (Å²) in [5.74, 6) is 3.20. The molecule has 4 saturated carbocycles. The molecule has 56 heavy (non-hydrogen) atoms. The van der Waals surface area contributed by atoms with E-state index < -0.39 is 0 Å². The second-order valence-corrected chi connectivity index (χ2v) is 20.3. The molecule has 0 N–H and O–H groups in total. The van der Waals surface area contributed by atoms with Gasteiger partial charge in [-0.3, -0.25) is 0 Å². The molecular weight excluding hydrogens is 695 g/mol. The zero-order valence-corrected chi connectivity index (χ0v) is 34.2. The maximum Gasteiger partial charge on any atom is 0.0479 e. The van der Waals surface area contributed by atoms with Gasteiger partial charge in [0.05, 0.1) is 0 Å². The number of benzene rings is 6. The molecule has 6 aliphatic rings. The van der Waals surface area contributed by atoms with Crippen LogP contribution in [0.25, 0.3) is 22.3 Å². The standard InChI is InChI=1S/C54H53NS/c1-52(2)25-26-53(3,4)48-33-43(23-24-46(48)52)55(42-21-19-38(20-22-42)37-13-7-5-8-14-37)44-32-45(39-15-9-6-10-16-39)51-50(34-44)56-49-18-12-11-17-47(49)54(51)40-28-35-27-36(30-40)31-41(54)29-35/h5-24,32-36,40-41H,25-31H2,1-4H3. The lowest BCUT2D eigenvalue weighted by molar-refractivity contribution is -0.0441. The number of rotatable bonds is 5. The molecule has 6 aromatic carbocycles. The van der Waals surface area contributed by atoms with E-state index in [1.807, 2.05) is 11.8 Å². The summed E-state index contributed by atoms with van der Waals surface area (Å²) in [5, 5.41) is 0. The summed E-state index contributed by atoms with van der Waals surface area (Å²) >= 11 is 2.03. The Kier molecular flexibility index (Phi) is 7.89. The largest absolute Gasteiger partial charge is 0.310 e. The molecule has 12 rings (SSSR count). The van der Waals surface area contributed by atoms with Crippen LogP contribution >= 0.6 is 11.8 Å². The SMILES string of the molecule is CC1(C)CCC(C)(C)c2cc(N(c3ccc(-c4ccccc4)cc3)c3cc4c(c(-c5ccccc5)c3)C3(c5ccccc5S4)C4CC5CC(C4)CC3C5)ccc21. The first-order valence-corrected chi connectivity index (χ1v) is 22.1. The number of nitrogens with zero attached hydrogens (tertiary/aromatic N) is 1. The van der Waals surface area contributed by atoms with E-state index in [-0.39, 0.29) is 16.2 Å². The van der Waals surface area contributed by atoms with Gasteiger partial charge in [0.1, 0.15) is 0 Å². The number of hydrogen-bond donors (Lipinski definition) is 0. The second kappa shape index (κ2) is 12.7. The Balaban J connectivity index is 1.16. The van der Waals surface area contributed by atoms with Gasteiger partial charge >= 0.3 is 0 Å². The van der Waals surface area contributed by atoms with Crippen molar-refractivity contribution < 1.29 is 0 Å². The van der Waals surface area contributed by atoms with Gasteiger partial charge in [-0.1, -0.05) is 137 Å². The van der Waals surface area contributed by atoms with Crippen LogP contribution in [0.4, 0.5) is 17.1 Å². The predicted molar refractivity (Wildman–Crippen MR) is 236 cm³/mol. The fourth-order valence-corrected chi connectivity index (χ4v) is 13.9. The van der Waals surface area contributed by atoms with Crippen molar-refractivity contribution in [1.82, 2.24) is 0 Å². The van der Waals surface area contributed by atoms with E-state index in [0.29, 0.717) is 11.8 Å². The van der Waals surface area contributed by atoms with Crippen molar-refractivity contribution in [3.05, 3.63) is 162 Å². The fraction of sp³-hybridized carbons (Fsp3) is 0.333. The van der Waals surface area contributed by atoms with Crippen molar-refractivity contribution in [2.45, 2.75) is 98.7 Å². The van der Waals surface area contributed by atoms with E-state index in [9.17, 15) is 0 Å². The molecule has 0 amide bonds. The molecule has 5 aliphatic carbocycles. The van der Waals surface area contributed by atoms with Gasteiger partial charge in [-0.25, -0.2) is 0 Å². The minimum atomic E-state index is 0.0535. The van der Waals surface area contributed by atoms with Crippen LogP contribution in [0.2, 0.25) is 0 Å². The average Bonchev–Trinajstić information content (AvgIpc) is 3.21. The Morgan fingerprint density at radius 2 is 1.04 bits per heavy atom. The fourth-order valence-electron chi connectivity index (χ4n) is 12.6. The van der Waals surface area contributed by atoms with E-state index in [2.05, 4.69) is 172 Å². The summed E-state index contributed by atoms with van der Waals surface area (Å²) in [6, 6.07) is 53.7. The first-order valence-electron chi connectivity index (χ1n) is 21.3. The normalized spacial score (nSPS) is 26.0. The van der Waals surface area contributed by atoms with Crippen LogP contribution in [0.5, 0.6) is 0 Å².